The lowest BCUT2D eigenvalue weighted by Crippen LogP contribution is -2.33. The van der Waals surface area contributed by atoms with Gasteiger partial charge in [0.1, 0.15) is 11.3 Å². The van der Waals surface area contributed by atoms with Crippen molar-refractivity contribution in [3.8, 4) is 11.1 Å². The predicted molar refractivity (Wildman–Crippen MR) is 152 cm³/mol. The molecule has 2 aromatic heterocycles. The third-order valence-corrected chi connectivity index (χ3v) is 7.50. The fourth-order valence-corrected chi connectivity index (χ4v) is 5.63. The zero-order chi connectivity index (χ0) is 26.1. The summed E-state index contributed by atoms with van der Waals surface area (Å²) in [5, 5.41) is 0.694. The van der Waals surface area contributed by atoms with Gasteiger partial charge in [-0.2, -0.15) is 0 Å². The Morgan fingerprint density at radius 3 is 2.71 bits per heavy atom. The summed E-state index contributed by atoms with van der Waals surface area (Å²) in [6.07, 6.45) is 4.57. The molecule has 0 bridgehead atoms. The van der Waals surface area contributed by atoms with Crippen molar-refractivity contribution < 1.29 is 4.79 Å². The maximum atomic E-state index is 14.2. The average molecular weight is 521 g/mol. The Balaban J connectivity index is 1.39. The Morgan fingerprint density at radius 2 is 1.84 bits per heavy atom. The molecule has 0 radical (unpaired) electrons. The van der Waals surface area contributed by atoms with Crippen molar-refractivity contribution in [2.45, 2.75) is 39.3 Å². The third-order valence-electron chi connectivity index (χ3n) is 7.26. The quantitative estimate of drug-likeness (QED) is 0.214. The number of rotatable bonds is 8. The summed E-state index contributed by atoms with van der Waals surface area (Å²) in [7, 11) is 0. The zero-order valence-corrected chi connectivity index (χ0v) is 22.2. The van der Waals surface area contributed by atoms with Crippen LogP contribution in [-0.2, 0) is 19.5 Å². The molecule has 0 saturated heterocycles. The molecule has 5 aromatic rings. The van der Waals surface area contributed by atoms with Gasteiger partial charge in [0.05, 0.1) is 13.1 Å². The van der Waals surface area contributed by atoms with Gasteiger partial charge >= 0.3 is 0 Å². The molecule has 0 aliphatic heterocycles. The molecule has 2 heterocycles. The SMILES string of the molecule is CCCCN(Cc1nc2cccnc2n1Cc1cccc(Cl)c1)C(=O)c1cccc2c1-c1ccccc1C2. The van der Waals surface area contributed by atoms with Crippen LogP contribution < -0.4 is 0 Å². The van der Waals surface area contributed by atoms with Gasteiger partial charge in [-0.05, 0) is 71.0 Å². The Labute approximate surface area is 227 Å². The van der Waals surface area contributed by atoms with Crippen LogP contribution in [0.15, 0.2) is 85.1 Å². The number of hydrogen-bond acceptors (Lipinski definition) is 3. The van der Waals surface area contributed by atoms with Crippen molar-refractivity contribution in [2.75, 3.05) is 6.54 Å². The molecule has 1 aliphatic rings. The fourth-order valence-electron chi connectivity index (χ4n) is 5.42. The van der Waals surface area contributed by atoms with Gasteiger partial charge in [-0.15, -0.1) is 0 Å². The van der Waals surface area contributed by atoms with Crippen molar-refractivity contribution in [2.24, 2.45) is 0 Å². The minimum atomic E-state index is 0.0429. The largest absolute Gasteiger partial charge is 0.331 e. The van der Waals surface area contributed by atoms with E-state index in [1.807, 2.05) is 47.4 Å². The molecule has 6 rings (SSSR count). The molecular formula is C32H29ClN4O. The van der Waals surface area contributed by atoms with E-state index >= 15 is 0 Å². The topological polar surface area (TPSA) is 51.0 Å². The number of hydrogen-bond donors (Lipinski definition) is 0. The highest BCUT2D eigenvalue weighted by Crippen LogP contribution is 2.39. The van der Waals surface area contributed by atoms with Gasteiger partial charge in [-0.3, -0.25) is 4.79 Å². The Morgan fingerprint density at radius 1 is 1.00 bits per heavy atom. The smallest absolute Gasteiger partial charge is 0.254 e. The van der Waals surface area contributed by atoms with Crippen molar-refractivity contribution in [1.29, 1.82) is 0 Å². The van der Waals surface area contributed by atoms with E-state index in [9.17, 15) is 4.79 Å². The first-order valence-corrected chi connectivity index (χ1v) is 13.5. The highest BCUT2D eigenvalue weighted by atomic mass is 35.5. The van der Waals surface area contributed by atoms with Crippen LogP contribution in [0.4, 0.5) is 0 Å². The molecule has 0 spiro atoms. The number of amides is 1. The molecular weight excluding hydrogens is 492 g/mol. The third kappa shape index (κ3) is 4.59. The number of fused-ring (bicyclic) bond motifs is 4. The van der Waals surface area contributed by atoms with E-state index in [1.165, 1.54) is 16.7 Å². The molecule has 1 aliphatic carbocycles. The summed E-state index contributed by atoms with van der Waals surface area (Å²) in [6, 6.07) is 26.2. The van der Waals surface area contributed by atoms with Crippen molar-refractivity contribution >= 4 is 28.7 Å². The van der Waals surface area contributed by atoms with E-state index in [0.29, 0.717) is 24.7 Å². The number of pyridine rings is 1. The standard InChI is InChI=1S/C32H29ClN4O/c1-2-3-17-36(32(38)27-14-7-11-24-19-23-10-4-5-13-26(23)30(24)27)21-29-35-28-15-8-16-34-31(28)37(29)20-22-9-6-12-25(33)18-22/h4-16,18H,2-3,17,19-21H2,1H3. The number of carbonyl (C=O) groups excluding carboxylic acids is 1. The van der Waals surface area contributed by atoms with Gasteiger partial charge in [0.15, 0.2) is 5.65 Å². The minimum absolute atomic E-state index is 0.0429. The van der Waals surface area contributed by atoms with Gasteiger partial charge in [0, 0.05) is 23.3 Å². The summed E-state index contributed by atoms with van der Waals surface area (Å²) >= 11 is 6.28. The van der Waals surface area contributed by atoms with Gasteiger partial charge < -0.3 is 9.47 Å². The summed E-state index contributed by atoms with van der Waals surface area (Å²) in [5.74, 6) is 0.859. The molecule has 0 fully saturated rings. The zero-order valence-electron chi connectivity index (χ0n) is 21.4. The second kappa shape index (κ2) is 10.4. The molecule has 0 N–H and O–H groups in total. The van der Waals surface area contributed by atoms with Crippen LogP contribution in [0.25, 0.3) is 22.3 Å². The van der Waals surface area contributed by atoms with E-state index in [-0.39, 0.29) is 5.91 Å². The van der Waals surface area contributed by atoms with Crippen LogP contribution in [0.1, 0.15) is 52.6 Å². The maximum absolute atomic E-state index is 14.2. The predicted octanol–water partition coefficient (Wildman–Crippen LogP) is 7.15. The van der Waals surface area contributed by atoms with Crippen LogP contribution in [0.5, 0.6) is 0 Å². The number of unbranched alkanes of at least 4 members (excludes halogenated alkanes) is 1. The van der Waals surface area contributed by atoms with E-state index in [0.717, 1.165) is 52.9 Å². The Bertz CT molecular complexity index is 1640. The van der Waals surface area contributed by atoms with Crippen molar-refractivity contribution in [3.63, 3.8) is 0 Å². The highest BCUT2D eigenvalue weighted by molar-refractivity contribution is 6.30. The van der Waals surface area contributed by atoms with Crippen LogP contribution in [0.2, 0.25) is 5.02 Å². The number of aromatic nitrogens is 3. The van der Waals surface area contributed by atoms with E-state index in [1.54, 1.807) is 6.20 Å². The van der Waals surface area contributed by atoms with E-state index < -0.39 is 0 Å². The van der Waals surface area contributed by atoms with Gasteiger partial charge in [0.2, 0.25) is 0 Å². The maximum Gasteiger partial charge on any atom is 0.254 e. The van der Waals surface area contributed by atoms with Crippen LogP contribution in [0, 0.1) is 0 Å². The Kier molecular flexibility index (Phi) is 6.69. The summed E-state index contributed by atoms with van der Waals surface area (Å²) in [4.78, 5) is 25.7. The lowest BCUT2D eigenvalue weighted by atomic mass is 9.98. The molecule has 0 unspecified atom stereocenters. The van der Waals surface area contributed by atoms with Gasteiger partial charge in [-0.1, -0.05) is 73.5 Å². The summed E-state index contributed by atoms with van der Waals surface area (Å²) in [5.41, 5.74) is 8.18. The fraction of sp³-hybridized carbons (Fsp3) is 0.219. The average Bonchev–Trinajstić information content (AvgIpc) is 3.48. The monoisotopic (exact) mass is 520 g/mol. The van der Waals surface area contributed by atoms with Gasteiger partial charge in [-0.25, -0.2) is 9.97 Å². The van der Waals surface area contributed by atoms with Crippen molar-refractivity contribution in [3.05, 3.63) is 118 Å². The van der Waals surface area contributed by atoms with Crippen LogP contribution >= 0.6 is 11.6 Å². The summed E-state index contributed by atoms with van der Waals surface area (Å²) < 4.78 is 2.11. The first-order chi connectivity index (χ1) is 18.6. The molecule has 3 aromatic carbocycles. The highest BCUT2D eigenvalue weighted by Gasteiger charge is 2.27. The molecule has 1 amide bonds. The number of imidazole rings is 1. The van der Waals surface area contributed by atoms with E-state index in [4.69, 9.17) is 16.6 Å². The van der Waals surface area contributed by atoms with Crippen molar-refractivity contribution in [1.82, 2.24) is 19.4 Å². The second-order valence-corrected chi connectivity index (χ2v) is 10.3. The van der Waals surface area contributed by atoms with Crippen LogP contribution in [-0.4, -0.2) is 31.9 Å². The lowest BCUT2D eigenvalue weighted by molar-refractivity contribution is 0.0735. The molecule has 6 heteroatoms. The molecule has 38 heavy (non-hydrogen) atoms. The Hall–Kier alpha value is -3.96. The van der Waals surface area contributed by atoms with E-state index in [2.05, 4.69) is 52.9 Å². The first kappa shape index (κ1) is 24.4. The number of carbonyl (C=O) groups is 1. The second-order valence-electron chi connectivity index (χ2n) is 9.84. The normalized spacial score (nSPS) is 11.9. The minimum Gasteiger partial charge on any atom is -0.331 e. The van der Waals surface area contributed by atoms with Crippen LogP contribution in [0.3, 0.4) is 0 Å². The molecule has 0 saturated carbocycles. The molecule has 190 valence electrons. The molecule has 0 atom stereocenters. The van der Waals surface area contributed by atoms with Gasteiger partial charge in [0.25, 0.3) is 5.91 Å². The first-order valence-electron chi connectivity index (χ1n) is 13.2. The number of nitrogens with zero attached hydrogens (tertiary/aromatic N) is 4. The lowest BCUT2D eigenvalue weighted by Gasteiger charge is -2.24. The number of halogens is 1. The molecule has 5 nitrogen and oxygen atoms in total. The number of benzene rings is 3. The summed E-state index contributed by atoms with van der Waals surface area (Å²) in [6.45, 7) is 3.79.